The second-order valence-electron chi connectivity index (χ2n) is 7.17. The van der Waals surface area contributed by atoms with E-state index in [1.807, 2.05) is 14.1 Å². The molecule has 0 atom stereocenters. The molecule has 1 aromatic carbocycles. The van der Waals surface area contributed by atoms with E-state index in [0.29, 0.717) is 13.1 Å². The summed E-state index contributed by atoms with van der Waals surface area (Å²) in [7, 11) is 4.08. The van der Waals surface area contributed by atoms with Gasteiger partial charge in [-0.2, -0.15) is 0 Å². The van der Waals surface area contributed by atoms with Gasteiger partial charge in [0.25, 0.3) is 0 Å². The molecule has 0 spiro atoms. The molecule has 0 radical (unpaired) electrons. The van der Waals surface area contributed by atoms with Crippen molar-refractivity contribution in [2.24, 2.45) is 16.1 Å². The topological polar surface area (TPSA) is 66.1 Å². The van der Waals surface area contributed by atoms with Crippen LogP contribution in [0.4, 0.5) is 11.4 Å². The van der Waals surface area contributed by atoms with E-state index in [9.17, 15) is 0 Å². The minimum Gasteiger partial charge on any atom is -0.378 e. The average molecular weight is 333 g/mol. The summed E-state index contributed by atoms with van der Waals surface area (Å²) < 4.78 is 5.46. The van der Waals surface area contributed by atoms with Crippen molar-refractivity contribution < 1.29 is 4.74 Å². The van der Waals surface area contributed by atoms with Crippen LogP contribution in [-0.4, -0.2) is 64.3 Å². The molecular weight excluding hydrogens is 302 g/mol. The number of nitrogens with two attached hydrogens (primary N) is 1. The fourth-order valence-corrected chi connectivity index (χ4v) is 2.32. The lowest BCUT2D eigenvalue weighted by Crippen LogP contribution is -2.44. The van der Waals surface area contributed by atoms with E-state index in [0.717, 1.165) is 38.0 Å². The highest BCUT2D eigenvalue weighted by molar-refractivity contribution is 5.94. The molecule has 24 heavy (non-hydrogen) atoms. The summed E-state index contributed by atoms with van der Waals surface area (Å²) in [4.78, 5) is 9.16. The van der Waals surface area contributed by atoms with Crippen LogP contribution in [0.5, 0.6) is 0 Å². The Hall–Kier alpha value is -1.79. The van der Waals surface area contributed by atoms with Crippen molar-refractivity contribution in [3.8, 4) is 0 Å². The smallest absolute Gasteiger partial charge is 0.198 e. The quantitative estimate of drug-likeness (QED) is 0.636. The third-order valence-corrected chi connectivity index (χ3v) is 4.16. The molecule has 0 aliphatic carbocycles. The SMILES string of the molecule is CN(C)c1ccc(NC(=NCC(C)(C)CN)N2CCOCC2)cc1. The molecule has 1 aliphatic heterocycles. The van der Waals surface area contributed by atoms with Crippen molar-refractivity contribution in [3.63, 3.8) is 0 Å². The Balaban J connectivity index is 2.13. The predicted octanol–water partition coefficient (Wildman–Crippen LogP) is 1.84. The predicted molar refractivity (Wildman–Crippen MR) is 102 cm³/mol. The van der Waals surface area contributed by atoms with Crippen LogP contribution in [0.25, 0.3) is 0 Å². The van der Waals surface area contributed by atoms with Crippen molar-refractivity contribution >= 4 is 17.3 Å². The molecule has 0 aromatic heterocycles. The second-order valence-corrected chi connectivity index (χ2v) is 7.17. The van der Waals surface area contributed by atoms with Gasteiger partial charge in [-0.25, -0.2) is 0 Å². The van der Waals surface area contributed by atoms with Crippen LogP contribution in [0.2, 0.25) is 0 Å². The molecule has 1 fully saturated rings. The molecule has 0 saturated carbocycles. The summed E-state index contributed by atoms with van der Waals surface area (Å²) >= 11 is 0. The van der Waals surface area contributed by atoms with E-state index < -0.39 is 0 Å². The normalized spacial score (nSPS) is 16.2. The van der Waals surface area contributed by atoms with Gasteiger partial charge < -0.3 is 25.6 Å². The first kappa shape index (κ1) is 18.5. The summed E-state index contributed by atoms with van der Waals surface area (Å²) in [6.07, 6.45) is 0. The van der Waals surface area contributed by atoms with E-state index in [1.54, 1.807) is 0 Å². The third-order valence-electron chi connectivity index (χ3n) is 4.16. The molecule has 1 saturated heterocycles. The maximum atomic E-state index is 5.84. The van der Waals surface area contributed by atoms with Gasteiger partial charge in [0.05, 0.1) is 13.2 Å². The zero-order chi connectivity index (χ0) is 17.6. The van der Waals surface area contributed by atoms with Crippen molar-refractivity contribution in [2.75, 3.05) is 63.7 Å². The summed E-state index contributed by atoms with van der Waals surface area (Å²) in [6, 6.07) is 8.37. The first-order chi connectivity index (χ1) is 11.4. The Morgan fingerprint density at radius 1 is 1.25 bits per heavy atom. The molecule has 1 heterocycles. The van der Waals surface area contributed by atoms with Crippen molar-refractivity contribution in [2.45, 2.75) is 13.8 Å². The lowest BCUT2D eigenvalue weighted by Gasteiger charge is -2.31. The number of aliphatic imine (C=N–C) groups is 1. The van der Waals surface area contributed by atoms with Crippen LogP contribution in [0.15, 0.2) is 29.3 Å². The highest BCUT2D eigenvalue weighted by Gasteiger charge is 2.19. The molecule has 6 heteroatoms. The summed E-state index contributed by atoms with van der Waals surface area (Å²) in [5.41, 5.74) is 8.05. The van der Waals surface area contributed by atoms with E-state index in [1.165, 1.54) is 5.69 Å². The molecule has 6 nitrogen and oxygen atoms in total. The van der Waals surface area contributed by atoms with Gasteiger partial charge in [-0.15, -0.1) is 0 Å². The number of hydrogen-bond donors (Lipinski definition) is 2. The minimum atomic E-state index is -0.00596. The standard InChI is InChI=1S/C18H31N5O/c1-18(2,13-19)14-20-17(23-9-11-24-12-10-23)21-15-5-7-16(8-6-15)22(3)4/h5-8H,9-14,19H2,1-4H3,(H,20,21). The van der Waals surface area contributed by atoms with Crippen molar-refractivity contribution in [3.05, 3.63) is 24.3 Å². The third kappa shape index (κ3) is 5.39. The van der Waals surface area contributed by atoms with Crippen LogP contribution >= 0.6 is 0 Å². The Kier molecular flexibility index (Phi) is 6.45. The van der Waals surface area contributed by atoms with Gasteiger partial charge in [0.1, 0.15) is 0 Å². The first-order valence-corrected chi connectivity index (χ1v) is 8.53. The molecule has 1 aliphatic rings. The molecular formula is C18H31N5O. The first-order valence-electron chi connectivity index (χ1n) is 8.53. The van der Waals surface area contributed by atoms with E-state index >= 15 is 0 Å². The molecule has 2 rings (SSSR count). The number of ether oxygens (including phenoxy) is 1. The molecule has 0 amide bonds. The van der Waals surface area contributed by atoms with E-state index in [2.05, 4.69) is 53.2 Å². The van der Waals surface area contributed by atoms with Gasteiger partial charge in [0.15, 0.2) is 5.96 Å². The Bertz CT molecular complexity index is 533. The maximum absolute atomic E-state index is 5.84. The van der Waals surface area contributed by atoms with Gasteiger partial charge in [-0.1, -0.05) is 13.8 Å². The number of nitrogens with zero attached hydrogens (tertiary/aromatic N) is 3. The lowest BCUT2D eigenvalue weighted by atomic mass is 9.94. The summed E-state index contributed by atoms with van der Waals surface area (Å²) in [5, 5.41) is 3.47. The van der Waals surface area contributed by atoms with E-state index in [-0.39, 0.29) is 5.41 Å². The van der Waals surface area contributed by atoms with Crippen molar-refractivity contribution in [1.29, 1.82) is 0 Å². The van der Waals surface area contributed by atoms with Gasteiger partial charge in [-0.05, 0) is 36.2 Å². The molecule has 134 valence electrons. The molecule has 1 aromatic rings. The Morgan fingerprint density at radius 3 is 2.42 bits per heavy atom. The number of rotatable bonds is 5. The van der Waals surface area contributed by atoms with Crippen LogP contribution in [0, 0.1) is 5.41 Å². The van der Waals surface area contributed by atoms with E-state index in [4.69, 9.17) is 15.5 Å². The zero-order valence-electron chi connectivity index (χ0n) is 15.4. The van der Waals surface area contributed by atoms with Crippen LogP contribution < -0.4 is 16.0 Å². The number of hydrogen-bond acceptors (Lipinski definition) is 4. The van der Waals surface area contributed by atoms with Crippen LogP contribution in [0.3, 0.4) is 0 Å². The van der Waals surface area contributed by atoms with Gasteiger partial charge in [0, 0.05) is 45.1 Å². The molecule has 3 N–H and O–H groups in total. The average Bonchev–Trinajstić information content (AvgIpc) is 2.59. The molecule has 0 bridgehead atoms. The maximum Gasteiger partial charge on any atom is 0.198 e. The molecule has 0 unspecified atom stereocenters. The minimum absolute atomic E-state index is 0.00596. The highest BCUT2D eigenvalue weighted by atomic mass is 16.5. The zero-order valence-corrected chi connectivity index (χ0v) is 15.4. The van der Waals surface area contributed by atoms with Crippen molar-refractivity contribution in [1.82, 2.24) is 4.90 Å². The number of nitrogens with one attached hydrogen (secondary N) is 1. The number of anilines is 2. The summed E-state index contributed by atoms with van der Waals surface area (Å²) in [5.74, 6) is 0.900. The fraction of sp³-hybridized carbons (Fsp3) is 0.611. The Morgan fingerprint density at radius 2 is 1.88 bits per heavy atom. The fourth-order valence-electron chi connectivity index (χ4n) is 2.32. The largest absolute Gasteiger partial charge is 0.378 e. The Labute approximate surface area is 145 Å². The van der Waals surface area contributed by atoms with Crippen LogP contribution in [0.1, 0.15) is 13.8 Å². The number of guanidine groups is 1. The summed E-state index contributed by atoms with van der Waals surface area (Å²) in [6.45, 7) is 8.76. The van der Waals surface area contributed by atoms with Gasteiger partial charge in [0.2, 0.25) is 0 Å². The van der Waals surface area contributed by atoms with Crippen LogP contribution in [-0.2, 0) is 4.74 Å². The monoisotopic (exact) mass is 333 g/mol. The van der Waals surface area contributed by atoms with Gasteiger partial charge in [-0.3, -0.25) is 4.99 Å². The lowest BCUT2D eigenvalue weighted by molar-refractivity contribution is 0.0678. The number of morpholine rings is 1. The second kappa shape index (κ2) is 8.35. The number of benzene rings is 1. The van der Waals surface area contributed by atoms with Gasteiger partial charge >= 0.3 is 0 Å². The highest BCUT2D eigenvalue weighted by Crippen LogP contribution is 2.17.